The van der Waals surface area contributed by atoms with Gasteiger partial charge in [0.1, 0.15) is 4.60 Å². The molecule has 0 aliphatic heterocycles. The van der Waals surface area contributed by atoms with Crippen molar-refractivity contribution in [2.24, 2.45) is 7.05 Å². The van der Waals surface area contributed by atoms with E-state index in [0.717, 1.165) is 28.9 Å². The molecule has 0 amide bonds. The van der Waals surface area contributed by atoms with Crippen molar-refractivity contribution in [3.8, 4) is 0 Å². The van der Waals surface area contributed by atoms with Crippen LogP contribution < -0.4 is 5.32 Å². The largest absolute Gasteiger partial charge is 0.315 e. The maximum atomic E-state index is 4.72. The van der Waals surface area contributed by atoms with Crippen molar-refractivity contribution in [3.63, 3.8) is 0 Å². The Morgan fingerprint density at radius 1 is 1.37 bits per heavy atom. The molecular weight excluding hydrogens is 304 g/mol. The summed E-state index contributed by atoms with van der Waals surface area (Å²) in [6, 6.07) is 6.48. The van der Waals surface area contributed by atoms with Crippen LogP contribution in [0.3, 0.4) is 0 Å². The minimum absolute atomic E-state index is 0.815. The number of aryl methyl sites for hydroxylation is 2. The highest BCUT2D eigenvalue weighted by Gasteiger charge is 2.17. The van der Waals surface area contributed by atoms with Crippen LogP contribution in [0.4, 0.5) is 0 Å². The smallest absolute Gasteiger partial charge is 0.215 e. The van der Waals surface area contributed by atoms with Gasteiger partial charge < -0.3 is 9.88 Å². The first-order valence-corrected chi connectivity index (χ1v) is 7.25. The maximum absolute atomic E-state index is 4.72. The van der Waals surface area contributed by atoms with Crippen molar-refractivity contribution in [3.05, 3.63) is 34.1 Å². The van der Waals surface area contributed by atoms with E-state index in [4.69, 9.17) is 4.98 Å². The van der Waals surface area contributed by atoms with Gasteiger partial charge in [0.2, 0.25) is 5.78 Å². The van der Waals surface area contributed by atoms with Crippen LogP contribution in [0, 0.1) is 0 Å². The molecule has 1 N–H and O–H groups in total. The summed E-state index contributed by atoms with van der Waals surface area (Å²) in [4.78, 5) is 4.72. The number of nitrogens with one attached hydrogen (secondary N) is 1. The average molecular weight is 321 g/mol. The van der Waals surface area contributed by atoms with E-state index in [-0.39, 0.29) is 0 Å². The summed E-state index contributed by atoms with van der Waals surface area (Å²) in [5, 5.41) is 3.20. The van der Waals surface area contributed by atoms with Gasteiger partial charge in [-0.15, -0.1) is 0 Å². The van der Waals surface area contributed by atoms with Crippen LogP contribution >= 0.6 is 15.9 Å². The molecule has 19 heavy (non-hydrogen) atoms. The van der Waals surface area contributed by atoms with Crippen LogP contribution in [0.2, 0.25) is 0 Å². The molecule has 4 nitrogen and oxygen atoms in total. The lowest BCUT2D eigenvalue weighted by Gasteiger charge is -2.02. The van der Waals surface area contributed by atoms with Gasteiger partial charge in [-0.2, -0.15) is 0 Å². The molecule has 1 aromatic carbocycles. The van der Waals surface area contributed by atoms with Gasteiger partial charge in [0.25, 0.3) is 0 Å². The van der Waals surface area contributed by atoms with Crippen molar-refractivity contribution >= 4 is 32.7 Å². The second-order valence-electron chi connectivity index (χ2n) is 4.75. The topological polar surface area (TPSA) is 34.3 Å². The first-order chi connectivity index (χ1) is 9.17. The van der Waals surface area contributed by atoms with Crippen LogP contribution in [0.15, 0.2) is 22.8 Å². The molecule has 0 saturated carbocycles. The number of halogens is 1. The fourth-order valence-corrected chi connectivity index (χ4v) is 3.25. The van der Waals surface area contributed by atoms with E-state index in [1.807, 2.05) is 7.05 Å². The standard InChI is InChI=1S/C14H17BrN4/c1-4-9-5-6-10-11(7-9)19-13(15)12(8-16-2)18(3)14(19)17-10/h5-7,16H,4,8H2,1-3H3. The number of nitrogens with zero attached hydrogens (tertiary/aromatic N) is 3. The monoisotopic (exact) mass is 320 g/mol. The van der Waals surface area contributed by atoms with Crippen molar-refractivity contribution in [1.29, 1.82) is 0 Å². The Hall–Kier alpha value is -1.33. The molecule has 0 aliphatic rings. The summed E-state index contributed by atoms with van der Waals surface area (Å²) >= 11 is 3.71. The molecule has 0 spiro atoms. The van der Waals surface area contributed by atoms with Crippen LogP contribution in [0.1, 0.15) is 18.2 Å². The van der Waals surface area contributed by atoms with Gasteiger partial charge in [-0.25, -0.2) is 4.98 Å². The zero-order chi connectivity index (χ0) is 13.6. The molecule has 2 aromatic heterocycles. The molecule has 0 atom stereocenters. The number of imidazole rings is 2. The number of hydrogen-bond donors (Lipinski definition) is 1. The minimum Gasteiger partial charge on any atom is -0.315 e. The van der Waals surface area contributed by atoms with Gasteiger partial charge in [-0.3, -0.25) is 4.40 Å². The molecule has 5 heteroatoms. The highest BCUT2D eigenvalue weighted by molar-refractivity contribution is 9.10. The Balaban J connectivity index is 2.37. The van der Waals surface area contributed by atoms with Crippen LogP contribution in [0.25, 0.3) is 16.8 Å². The molecule has 0 saturated heterocycles. The van der Waals surface area contributed by atoms with Crippen molar-refractivity contribution in [2.45, 2.75) is 19.9 Å². The number of aromatic nitrogens is 3. The maximum Gasteiger partial charge on any atom is 0.215 e. The second-order valence-corrected chi connectivity index (χ2v) is 5.50. The highest BCUT2D eigenvalue weighted by atomic mass is 79.9. The third-order valence-electron chi connectivity index (χ3n) is 3.59. The Bertz CT molecular complexity index is 754. The summed E-state index contributed by atoms with van der Waals surface area (Å²) in [7, 11) is 4.01. The normalized spacial score (nSPS) is 11.8. The lowest BCUT2D eigenvalue weighted by molar-refractivity contribution is 0.738. The van der Waals surface area contributed by atoms with Crippen LogP contribution in [-0.4, -0.2) is 21.0 Å². The molecule has 100 valence electrons. The van der Waals surface area contributed by atoms with E-state index in [0.29, 0.717) is 0 Å². The predicted molar refractivity (Wildman–Crippen MR) is 81.5 cm³/mol. The summed E-state index contributed by atoms with van der Waals surface area (Å²) in [6.45, 7) is 2.99. The fourth-order valence-electron chi connectivity index (χ4n) is 2.49. The predicted octanol–water partition coefficient (Wildman–Crippen LogP) is 2.87. The highest BCUT2D eigenvalue weighted by Crippen LogP contribution is 2.27. The van der Waals surface area contributed by atoms with E-state index in [9.17, 15) is 0 Å². The third-order valence-corrected chi connectivity index (χ3v) is 4.41. The Labute approximate surface area is 120 Å². The first kappa shape index (κ1) is 12.7. The van der Waals surface area contributed by atoms with E-state index in [1.165, 1.54) is 16.8 Å². The van der Waals surface area contributed by atoms with Gasteiger partial charge >= 0.3 is 0 Å². The summed E-state index contributed by atoms with van der Waals surface area (Å²) < 4.78 is 5.39. The molecule has 3 rings (SSSR count). The van der Waals surface area contributed by atoms with E-state index in [2.05, 4.69) is 62.4 Å². The Morgan fingerprint density at radius 2 is 2.16 bits per heavy atom. The van der Waals surface area contributed by atoms with E-state index < -0.39 is 0 Å². The van der Waals surface area contributed by atoms with Crippen molar-refractivity contribution in [2.75, 3.05) is 7.05 Å². The lowest BCUT2D eigenvalue weighted by Crippen LogP contribution is -2.09. The van der Waals surface area contributed by atoms with E-state index >= 15 is 0 Å². The minimum atomic E-state index is 0.815. The lowest BCUT2D eigenvalue weighted by atomic mass is 10.1. The van der Waals surface area contributed by atoms with Gasteiger partial charge in [0, 0.05) is 13.6 Å². The molecule has 0 radical (unpaired) electrons. The number of hydrogen-bond acceptors (Lipinski definition) is 2. The van der Waals surface area contributed by atoms with Gasteiger partial charge in [0.15, 0.2) is 0 Å². The van der Waals surface area contributed by atoms with Gasteiger partial charge in [-0.1, -0.05) is 13.0 Å². The fraction of sp³-hybridized carbons (Fsp3) is 0.357. The van der Waals surface area contributed by atoms with E-state index in [1.54, 1.807) is 0 Å². The quantitative estimate of drug-likeness (QED) is 0.805. The van der Waals surface area contributed by atoms with Crippen molar-refractivity contribution < 1.29 is 0 Å². The first-order valence-electron chi connectivity index (χ1n) is 6.46. The Kier molecular flexibility index (Phi) is 3.11. The number of benzene rings is 1. The SMILES string of the molecule is CCc1ccc2nc3n(C)c(CNC)c(Br)n3c2c1. The Morgan fingerprint density at radius 3 is 2.84 bits per heavy atom. The summed E-state index contributed by atoms with van der Waals surface area (Å²) in [5.74, 6) is 0.973. The van der Waals surface area contributed by atoms with Crippen LogP contribution in [-0.2, 0) is 20.0 Å². The summed E-state index contributed by atoms with van der Waals surface area (Å²) in [5.41, 5.74) is 4.74. The zero-order valence-electron chi connectivity index (χ0n) is 11.4. The molecule has 0 aliphatic carbocycles. The zero-order valence-corrected chi connectivity index (χ0v) is 13.0. The molecular formula is C14H17BrN4. The molecule has 3 aromatic rings. The van der Waals surface area contributed by atoms with Crippen molar-refractivity contribution in [1.82, 2.24) is 19.3 Å². The summed E-state index contributed by atoms with van der Waals surface area (Å²) in [6.07, 6.45) is 1.04. The number of rotatable bonds is 3. The van der Waals surface area contributed by atoms with Crippen LogP contribution in [0.5, 0.6) is 0 Å². The third kappa shape index (κ3) is 1.80. The van der Waals surface area contributed by atoms with Gasteiger partial charge in [0.05, 0.1) is 16.7 Å². The number of fused-ring (bicyclic) bond motifs is 3. The van der Waals surface area contributed by atoms with Gasteiger partial charge in [-0.05, 0) is 47.1 Å². The molecule has 0 unspecified atom stereocenters. The average Bonchev–Trinajstić information content (AvgIpc) is 2.90. The molecule has 0 fully saturated rings. The molecule has 2 heterocycles. The molecule has 0 bridgehead atoms. The second kappa shape index (κ2) is 4.65.